The number of aliphatic hydroxyl groups is 1. The number of ketones is 1. The van der Waals surface area contributed by atoms with E-state index >= 15 is 0 Å². The number of hydrogen-bond donors (Lipinski definition) is 1. The third-order valence-electron chi connectivity index (χ3n) is 8.34. The van der Waals surface area contributed by atoms with Crippen molar-refractivity contribution in [2.45, 2.75) is 82.0 Å². The highest BCUT2D eigenvalue weighted by Gasteiger charge is 2.73. The second-order valence-corrected chi connectivity index (χ2v) is 10.8. The minimum Gasteiger partial charge on any atom is -0.477 e. The van der Waals surface area contributed by atoms with Crippen LogP contribution in [0.1, 0.15) is 63.5 Å². The highest BCUT2D eigenvalue weighted by atomic mass is 16.6. The van der Waals surface area contributed by atoms with Crippen LogP contribution in [-0.4, -0.2) is 52.6 Å². The molecule has 2 bridgehead atoms. The van der Waals surface area contributed by atoms with E-state index < -0.39 is 17.1 Å². The number of benzene rings is 1. The molecule has 6 rings (SSSR count). The SMILES string of the molecule is CC(C)CC(=O)Oc1ccc2c3c1O[C@H]1C(=O)CC[C@@]4(O)[C@@H](C2)N(CC2CC2)CC[C@]314. The first-order valence-corrected chi connectivity index (χ1v) is 11.9. The summed E-state index contributed by atoms with van der Waals surface area (Å²) in [6, 6.07) is 3.85. The Labute approximate surface area is 182 Å². The van der Waals surface area contributed by atoms with Gasteiger partial charge in [0.2, 0.25) is 0 Å². The van der Waals surface area contributed by atoms with Gasteiger partial charge in [0.25, 0.3) is 0 Å². The molecule has 2 heterocycles. The first kappa shape index (κ1) is 19.7. The third kappa shape index (κ3) is 2.64. The number of piperidine rings is 1. The first-order valence-electron chi connectivity index (χ1n) is 11.9. The summed E-state index contributed by atoms with van der Waals surface area (Å²) in [4.78, 5) is 27.9. The molecule has 0 radical (unpaired) electrons. The van der Waals surface area contributed by atoms with Gasteiger partial charge in [-0.3, -0.25) is 14.5 Å². The summed E-state index contributed by atoms with van der Waals surface area (Å²) in [5.74, 6) is 1.62. The van der Waals surface area contributed by atoms with Gasteiger partial charge in [0.15, 0.2) is 23.4 Å². The molecule has 2 saturated carbocycles. The van der Waals surface area contributed by atoms with E-state index in [4.69, 9.17) is 9.47 Å². The molecule has 6 nitrogen and oxygen atoms in total. The van der Waals surface area contributed by atoms with E-state index in [1.807, 2.05) is 26.0 Å². The van der Waals surface area contributed by atoms with Crippen molar-refractivity contribution in [2.75, 3.05) is 13.1 Å². The van der Waals surface area contributed by atoms with Crippen molar-refractivity contribution in [3.8, 4) is 11.5 Å². The molecule has 3 fully saturated rings. The second kappa shape index (κ2) is 6.55. The normalized spacial score (nSPS) is 35.7. The zero-order valence-corrected chi connectivity index (χ0v) is 18.4. The van der Waals surface area contributed by atoms with Gasteiger partial charge in [-0.1, -0.05) is 19.9 Å². The van der Waals surface area contributed by atoms with Crippen LogP contribution in [0.15, 0.2) is 12.1 Å². The van der Waals surface area contributed by atoms with Crippen molar-refractivity contribution < 1.29 is 24.2 Å². The Morgan fingerprint density at radius 2 is 2.13 bits per heavy atom. The molecule has 6 heteroatoms. The van der Waals surface area contributed by atoms with Gasteiger partial charge in [0, 0.05) is 31.0 Å². The average Bonchev–Trinajstić information content (AvgIpc) is 3.44. The fourth-order valence-corrected chi connectivity index (χ4v) is 6.83. The van der Waals surface area contributed by atoms with Crippen LogP contribution in [0, 0.1) is 11.8 Å². The van der Waals surface area contributed by atoms with Crippen LogP contribution in [0.25, 0.3) is 0 Å². The first-order chi connectivity index (χ1) is 14.8. The fraction of sp³-hybridized carbons (Fsp3) is 0.680. The van der Waals surface area contributed by atoms with Crippen molar-refractivity contribution in [1.29, 1.82) is 0 Å². The summed E-state index contributed by atoms with van der Waals surface area (Å²) in [7, 11) is 0. The largest absolute Gasteiger partial charge is 0.477 e. The Morgan fingerprint density at radius 3 is 2.87 bits per heavy atom. The maximum atomic E-state index is 13.1. The number of likely N-dealkylation sites (tertiary alicyclic amines) is 1. The molecule has 0 aromatic heterocycles. The standard InChI is InChI=1S/C25H31NO5/c1-14(2)11-20(28)30-18-6-5-16-12-19-25(29)8-7-17(27)23-24(25,21(16)22(18)31-23)9-10-26(19)13-15-3-4-15/h5-6,14-15,19,23,29H,3-4,7-13H2,1-2H3/t19-,23+,24+,25-/m1/s1. The molecule has 3 aliphatic carbocycles. The molecule has 1 spiro atoms. The average molecular weight is 426 g/mol. The van der Waals surface area contributed by atoms with E-state index in [2.05, 4.69) is 4.90 Å². The number of esters is 1. The van der Waals surface area contributed by atoms with Crippen molar-refractivity contribution in [3.63, 3.8) is 0 Å². The highest BCUT2D eigenvalue weighted by molar-refractivity contribution is 5.90. The summed E-state index contributed by atoms with van der Waals surface area (Å²) < 4.78 is 12.0. The zero-order valence-electron chi connectivity index (χ0n) is 18.4. The van der Waals surface area contributed by atoms with Gasteiger partial charge >= 0.3 is 5.97 Å². The number of nitrogens with zero attached hydrogens (tertiary/aromatic N) is 1. The van der Waals surface area contributed by atoms with Crippen LogP contribution in [0.4, 0.5) is 0 Å². The van der Waals surface area contributed by atoms with Crippen LogP contribution < -0.4 is 9.47 Å². The van der Waals surface area contributed by atoms with E-state index in [0.717, 1.165) is 36.6 Å². The summed E-state index contributed by atoms with van der Waals surface area (Å²) in [6.45, 7) is 5.86. The summed E-state index contributed by atoms with van der Waals surface area (Å²) >= 11 is 0. The lowest BCUT2D eigenvalue weighted by Gasteiger charge is -2.62. The number of hydrogen-bond acceptors (Lipinski definition) is 6. The Morgan fingerprint density at radius 1 is 1.32 bits per heavy atom. The smallest absolute Gasteiger partial charge is 0.311 e. The number of carbonyl (C=O) groups excluding carboxylic acids is 2. The molecule has 4 atom stereocenters. The molecular weight excluding hydrogens is 394 g/mol. The topological polar surface area (TPSA) is 76.1 Å². The van der Waals surface area contributed by atoms with E-state index in [9.17, 15) is 14.7 Å². The van der Waals surface area contributed by atoms with Gasteiger partial charge in [-0.15, -0.1) is 0 Å². The monoisotopic (exact) mass is 425 g/mol. The Balaban J connectivity index is 1.46. The minimum atomic E-state index is -0.989. The maximum Gasteiger partial charge on any atom is 0.311 e. The predicted octanol–water partition coefficient (Wildman–Crippen LogP) is 2.77. The highest BCUT2D eigenvalue weighted by Crippen LogP contribution is 2.65. The molecule has 5 aliphatic rings. The molecule has 1 aromatic carbocycles. The van der Waals surface area contributed by atoms with Gasteiger partial charge < -0.3 is 14.6 Å². The van der Waals surface area contributed by atoms with E-state index in [1.165, 1.54) is 12.8 Å². The lowest BCUT2D eigenvalue weighted by Crippen LogP contribution is -2.76. The van der Waals surface area contributed by atoms with Gasteiger partial charge in [0.05, 0.1) is 11.0 Å². The van der Waals surface area contributed by atoms with E-state index in [-0.39, 0.29) is 23.7 Å². The molecule has 1 aromatic rings. The van der Waals surface area contributed by atoms with E-state index in [1.54, 1.807) is 0 Å². The number of carbonyl (C=O) groups is 2. The van der Waals surface area contributed by atoms with Crippen LogP contribution in [0.5, 0.6) is 11.5 Å². The molecule has 0 amide bonds. The number of Topliss-reactive ketones (excluding diaryl/α,β-unsaturated/α-hetero) is 1. The van der Waals surface area contributed by atoms with Crippen molar-refractivity contribution in [3.05, 3.63) is 23.3 Å². The van der Waals surface area contributed by atoms with Gasteiger partial charge in [-0.05, 0) is 62.1 Å². The Hall–Kier alpha value is -1.92. The molecule has 31 heavy (non-hydrogen) atoms. The number of ether oxygens (including phenoxy) is 2. The molecule has 1 N–H and O–H groups in total. The zero-order chi connectivity index (χ0) is 21.5. The van der Waals surface area contributed by atoms with Crippen molar-refractivity contribution in [1.82, 2.24) is 4.90 Å². The maximum absolute atomic E-state index is 13.1. The quantitative estimate of drug-likeness (QED) is 0.578. The predicted molar refractivity (Wildman–Crippen MR) is 113 cm³/mol. The fourth-order valence-electron chi connectivity index (χ4n) is 6.83. The molecule has 2 aliphatic heterocycles. The molecule has 1 saturated heterocycles. The van der Waals surface area contributed by atoms with E-state index in [0.29, 0.717) is 37.2 Å². The van der Waals surface area contributed by atoms with Crippen LogP contribution in [0.2, 0.25) is 0 Å². The molecule has 0 unspecified atom stereocenters. The Bertz CT molecular complexity index is 969. The van der Waals surface area contributed by atoms with Crippen LogP contribution >= 0.6 is 0 Å². The number of rotatable bonds is 5. The Kier molecular flexibility index (Phi) is 4.17. The van der Waals surface area contributed by atoms with Gasteiger partial charge in [-0.2, -0.15) is 0 Å². The molecule has 166 valence electrons. The minimum absolute atomic E-state index is 0.00819. The summed E-state index contributed by atoms with van der Waals surface area (Å²) in [5.41, 5.74) is 0.352. The summed E-state index contributed by atoms with van der Waals surface area (Å²) in [6.07, 6.45) is 4.47. The van der Waals surface area contributed by atoms with Crippen LogP contribution in [-0.2, 0) is 21.4 Å². The van der Waals surface area contributed by atoms with Gasteiger partial charge in [-0.25, -0.2) is 0 Å². The lowest BCUT2D eigenvalue weighted by atomic mass is 9.49. The second-order valence-electron chi connectivity index (χ2n) is 10.8. The third-order valence-corrected chi connectivity index (χ3v) is 8.34. The van der Waals surface area contributed by atoms with Crippen LogP contribution in [0.3, 0.4) is 0 Å². The van der Waals surface area contributed by atoms with Crippen molar-refractivity contribution >= 4 is 11.8 Å². The van der Waals surface area contributed by atoms with Crippen molar-refractivity contribution in [2.24, 2.45) is 11.8 Å². The summed E-state index contributed by atoms with van der Waals surface area (Å²) in [5, 5.41) is 12.2. The lowest BCUT2D eigenvalue weighted by molar-refractivity contribution is -0.188. The van der Waals surface area contributed by atoms with Gasteiger partial charge in [0.1, 0.15) is 0 Å². The molecular formula is C25H31NO5.